The molecule has 2 aliphatic heterocycles. The third kappa shape index (κ3) is 5.94. The molecule has 3 heterocycles. The molecule has 32 heavy (non-hydrogen) atoms. The Balaban J connectivity index is 1.15. The van der Waals surface area contributed by atoms with Gasteiger partial charge in [0.1, 0.15) is 0 Å². The van der Waals surface area contributed by atoms with Crippen LogP contribution >= 0.6 is 19.8 Å². The van der Waals surface area contributed by atoms with Crippen molar-refractivity contribution in [1.82, 2.24) is 15.5 Å². The predicted octanol–water partition coefficient (Wildman–Crippen LogP) is 4.07. The van der Waals surface area contributed by atoms with Gasteiger partial charge in [-0.2, -0.15) is 0 Å². The zero-order valence-electron chi connectivity index (χ0n) is 18.5. The molecule has 1 aromatic heterocycles. The molecule has 1 N–H and O–H groups in total. The van der Waals surface area contributed by atoms with Crippen LogP contribution in [0.5, 0.6) is 11.5 Å². The molecule has 174 valence electrons. The molecule has 0 bridgehead atoms. The summed E-state index contributed by atoms with van der Waals surface area (Å²) >= 11 is -0.930. The van der Waals surface area contributed by atoms with Crippen LogP contribution in [-0.2, 0) is 17.6 Å². The quantitative estimate of drug-likeness (QED) is 0.353. The van der Waals surface area contributed by atoms with E-state index in [2.05, 4.69) is 27.6 Å². The number of aryl methyl sites for hydroxylation is 1. The maximum absolute atomic E-state index is 12.8. The molecule has 3 aliphatic rings. The second kappa shape index (κ2) is 10.4. The number of halogens is 1. The van der Waals surface area contributed by atoms with Crippen molar-refractivity contribution in [2.24, 2.45) is 0 Å². The van der Waals surface area contributed by atoms with Crippen LogP contribution < -0.4 is 14.8 Å². The Labute approximate surface area is 196 Å². The van der Waals surface area contributed by atoms with Crippen LogP contribution in [0.15, 0.2) is 22.7 Å². The molecule has 2 aromatic rings. The van der Waals surface area contributed by atoms with E-state index < -0.39 is 19.8 Å². The van der Waals surface area contributed by atoms with E-state index in [4.69, 9.17) is 14.0 Å². The minimum absolute atomic E-state index is 0.129. The van der Waals surface area contributed by atoms with Gasteiger partial charge in [-0.15, -0.1) is 0 Å². The van der Waals surface area contributed by atoms with E-state index in [9.17, 15) is 4.79 Å². The van der Waals surface area contributed by atoms with Crippen molar-refractivity contribution >= 4 is 25.7 Å². The molecule has 8 heteroatoms. The maximum atomic E-state index is 12.8. The number of hydrogen-bond acceptors (Lipinski definition) is 6. The summed E-state index contributed by atoms with van der Waals surface area (Å²) in [6.07, 6.45) is 7.83. The van der Waals surface area contributed by atoms with Gasteiger partial charge in [0.25, 0.3) is 0 Å². The molecule has 1 saturated heterocycles. The molecule has 0 unspecified atom stereocenters. The first-order valence-electron chi connectivity index (χ1n) is 11.8. The third-order valence-corrected chi connectivity index (χ3v) is 13.0. The standard InChI is InChI=1S/C24H32IN3O4/c29-22(4-3-5-23-27-24(28-32-23)18-7-8-18)26-19(16-25-10-1-2-11-25)14-17-6-9-20-21(15-17)31-13-12-30-20/h6,9,15,18-19H,1-5,7-8,10-14,16H2,(H,26,29)/t19-/m0/s1. The number of nitrogens with one attached hydrogen (secondary N) is 1. The molecule has 0 radical (unpaired) electrons. The second-order valence-corrected chi connectivity index (χ2v) is 15.2. The number of hydrogen-bond donors (Lipinski definition) is 1. The van der Waals surface area contributed by atoms with Crippen molar-refractivity contribution in [2.45, 2.75) is 63.3 Å². The Morgan fingerprint density at radius 2 is 1.97 bits per heavy atom. The molecular formula is C24H32IN3O4. The van der Waals surface area contributed by atoms with Gasteiger partial charge in [0.15, 0.2) is 0 Å². The Kier molecular flexibility index (Phi) is 7.14. The number of aromatic nitrogens is 2. The molecular weight excluding hydrogens is 521 g/mol. The van der Waals surface area contributed by atoms with Gasteiger partial charge in [0.05, 0.1) is 0 Å². The molecule has 1 saturated carbocycles. The van der Waals surface area contributed by atoms with Gasteiger partial charge in [-0.25, -0.2) is 0 Å². The SMILES string of the molecule is O=C(CCCc1nc(C2CC2)no1)N[C@@H](Cc1ccc2c(c1)OCCO2)CI1CCCC1. The molecule has 7 nitrogen and oxygen atoms in total. The van der Waals surface area contributed by atoms with Crippen LogP contribution in [-0.4, -0.2) is 48.6 Å². The van der Waals surface area contributed by atoms with Gasteiger partial charge < -0.3 is 0 Å². The summed E-state index contributed by atoms with van der Waals surface area (Å²) < 4.78 is 20.8. The molecule has 1 amide bonds. The van der Waals surface area contributed by atoms with Crippen LogP contribution in [0.1, 0.15) is 61.7 Å². The van der Waals surface area contributed by atoms with Gasteiger partial charge in [-0.3, -0.25) is 0 Å². The molecule has 1 atom stereocenters. The topological polar surface area (TPSA) is 86.5 Å². The van der Waals surface area contributed by atoms with E-state index in [-0.39, 0.29) is 11.9 Å². The summed E-state index contributed by atoms with van der Waals surface area (Å²) in [5.74, 6) is 3.77. The number of ether oxygens (including phenoxy) is 2. The predicted molar refractivity (Wildman–Crippen MR) is 130 cm³/mol. The molecule has 2 fully saturated rings. The van der Waals surface area contributed by atoms with Gasteiger partial charge in [-0.05, 0) is 0 Å². The average Bonchev–Trinajstić information content (AvgIpc) is 3.31. The van der Waals surface area contributed by atoms with Crippen molar-refractivity contribution in [3.8, 4) is 11.5 Å². The normalized spacial score (nSPS) is 19.7. The number of alkyl halides is 3. The van der Waals surface area contributed by atoms with Crippen molar-refractivity contribution in [3.63, 3.8) is 0 Å². The number of fused-ring (bicyclic) bond motifs is 1. The van der Waals surface area contributed by atoms with E-state index in [1.165, 1.54) is 31.7 Å². The van der Waals surface area contributed by atoms with Crippen LogP contribution in [0.4, 0.5) is 0 Å². The third-order valence-electron chi connectivity index (χ3n) is 6.13. The summed E-state index contributed by atoms with van der Waals surface area (Å²) in [4.78, 5) is 17.2. The van der Waals surface area contributed by atoms with Crippen molar-refractivity contribution in [2.75, 3.05) is 26.5 Å². The Morgan fingerprint density at radius 3 is 2.78 bits per heavy atom. The number of carbonyl (C=O) groups excluding carboxylic acids is 1. The van der Waals surface area contributed by atoms with Crippen LogP contribution in [0.25, 0.3) is 0 Å². The molecule has 1 aliphatic carbocycles. The monoisotopic (exact) mass is 553 g/mol. The summed E-state index contributed by atoms with van der Waals surface area (Å²) in [6, 6.07) is 6.40. The minimum atomic E-state index is -0.930. The van der Waals surface area contributed by atoms with E-state index in [1.54, 1.807) is 0 Å². The van der Waals surface area contributed by atoms with Crippen molar-refractivity contribution in [3.05, 3.63) is 35.5 Å². The summed E-state index contributed by atoms with van der Waals surface area (Å²) in [5, 5.41) is 7.41. The Hall–Kier alpha value is -1.84. The van der Waals surface area contributed by atoms with Gasteiger partial charge >= 0.3 is 197 Å². The van der Waals surface area contributed by atoms with Crippen LogP contribution in [0.3, 0.4) is 0 Å². The van der Waals surface area contributed by atoms with E-state index in [0.717, 1.165) is 43.0 Å². The van der Waals surface area contributed by atoms with E-state index in [1.807, 2.05) is 6.07 Å². The van der Waals surface area contributed by atoms with Crippen LogP contribution in [0, 0.1) is 0 Å². The Bertz CT molecular complexity index is 924. The molecule has 0 spiro atoms. The fraction of sp³-hybridized carbons (Fsp3) is 0.625. The van der Waals surface area contributed by atoms with E-state index in [0.29, 0.717) is 37.9 Å². The fourth-order valence-corrected chi connectivity index (χ4v) is 11.0. The number of benzene rings is 1. The first kappa shape index (κ1) is 22.0. The summed E-state index contributed by atoms with van der Waals surface area (Å²) in [6.45, 7) is 1.19. The van der Waals surface area contributed by atoms with Gasteiger partial charge in [0.2, 0.25) is 0 Å². The molecule has 1 aromatic carbocycles. The first-order valence-corrected chi connectivity index (χ1v) is 16.4. The second-order valence-electron chi connectivity index (χ2n) is 8.93. The van der Waals surface area contributed by atoms with Crippen LogP contribution in [0.2, 0.25) is 0 Å². The number of rotatable bonds is 10. The summed E-state index contributed by atoms with van der Waals surface area (Å²) in [5.41, 5.74) is 1.20. The van der Waals surface area contributed by atoms with Crippen molar-refractivity contribution in [1.29, 1.82) is 0 Å². The number of carbonyl (C=O) groups is 1. The number of amides is 1. The average molecular weight is 553 g/mol. The van der Waals surface area contributed by atoms with E-state index >= 15 is 0 Å². The van der Waals surface area contributed by atoms with Gasteiger partial charge in [-0.1, -0.05) is 0 Å². The van der Waals surface area contributed by atoms with Gasteiger partial charge in [0, 0.05) is 0 Å². The number of nitrogens with zero attached hydrogens (tertiary/aromatic N) is 2. The zero-order valence-corrected chi connectivity index (χ0v) is 20.6. The first-order chi connectivity index (χ1) is 15.7. The summed E-state index contributed by atoms with van der Waals surface area (Å²) in [7, 11) is 0. The molecule has 5 rings (SSSR count). The Morgan fingerprint density at radius 1 is 1.16 bits per heavy atom. The fourth-order valence-electron chi connectivity index (χ4n) is 4.30. The zero-order chi connectivity index (χ0) is 21.8. The van der Waals surface area contributed by atoms with Crippen molar-refractivity contribution < 1.29 is 18.8 Å².